The zero-order chi connectivity index (χ0) is 30.8. The maximum absolute atomic E-state index is 6.72. The fourth-order valence-corrected chi connectivity index (χ4v) is 6.04. The molecule has 12 heteroatoms. The van der Waals surface area contributed by atoms with E-state index in [0.29, 0.717) is 45.4 Å². The van der Waals surface area contributed by atoms with Gasteiger partial charge in [0.15, 0.2) is 11.3 Å². The first-order chi connectivity index (χ1) is 21.3. The van der Waals surface area contributed by atoms with E-state index in [1.54, 1.807) is 32.8 Å². The molecule has 1 aliphatic heterocycles. The van der Waals surface area contributed by atoms with Crippen LogP contribution < -0.4 is 19.7 Å². The molecule has 6 rings (SSSR count). The molecule has 0 amide bonds. The number of hydrogen-bond donors (Lipinski definition) is 1. The number of pyridine rings is 1. The van der Waals surface area contributed by atoms with Crippen molar-refractivity contribution < 1.29 is 9.47 Å². The minimum Gasteiger partial charge on any atom is -0.497 e. The van der Waals surface area contributed by atoms with Gasteiger partial charge in [-0.25, -0.2) is 4.98 Å². The summed E-state index contributed by atoms with van der Waals surface area (Å²) in [5.74, 6) is 1.61. The molecule has 4 heterocycles. The van der Waals surface area contributed by atoms with E-state index in [9.17, 15) is 0 Å². The Kier molecular flexibility index (Phi) is 8.69. The minimum absolute atomic E-state index is 0.455. The number of likely N-dealkylation sites (N-methyl/N-ethyl adjacent to an activating group) is 2. The van der Waals surface area contributed by atoms with Crippen LogP contribution in [0.1, 0.15) is 12.8 Å². The van der Waals surface area contributed by atoms with Crippen LogP contribution in [0.25, 0.3) is 27.8 Å². The van der Waals surface area contributed by atoms with E-state index in [-0.39, 0.29) is 0 Å². The number of methoxy groups -OCH3 is 2. The number of aromatic nitrogens is 5. The fourth-order valence-electron chi connectivity index (χ4n) is 5.75. The quantitative estimate of drug-likeness (QED) is 0.225. The Bertz CT molecular complexity index is 1750. The monoisotopic (exact) mass is 615 g/mol. The first kappa shape index (κ1) is 29.9. The SMILES string of the molecule is COc1cc(OC)c(Cl)c(-c2cc3cnc(Nc4ccc(N5CCC(N(C)CCN(C)C)CC5)cc4)nc3n3cnnc23)c1. The molecule has 1 saturated heterocycles. The van der Waals surface area contributed by atoms with Gasteiger partial charge in [-0.05, 0) is 70.4 Å². The van der Waals surface area contributed by atoms with Crippen molar-refractivity contribution in [2.75, 3.05) is 71.8 Å². The third kappa shape index (κ3) is 6.08. The van der Waals surface area contributed by atoms with Gasteiger partial charge in [0, 0.05) is 72.4 Å². The van der Waals surface area contributed by atoms with E-state index in [2.05, 4.69) is 80.6 Å². The Labute approximate surface area is 262 Å². The number of benzene rings is 2. The molecule has 1 N–H and O–H groups in total. The van der Waals surface area contributed by atoms with Crippen molar-refractivity contribution in [3.63, 3.8) is 0 Å². The van der Waals surface area contributed by atoms with E-state index < -0.39 is 0 Å². The Morgan fingerprint density at radius 2 is 1.73 bits per heavy atom. The van der Waals surface area contributed by atoms with Crippen molar-refractivity contribution in [3.05, 3.63) is 60.0 Å². The van der Waals surface area contributed by atoms with Crippen LogP contribution in [0.3, 0.4) is 0 Å². The minimum atomic E-state index is 0.455. The average molecular weight is 616 g/mol. The highest BCUT2D eigenvalue weighted by molar-refractivity contribution is 6.35. The maximum Gasteiger partial charge on any atom is 0.229 e. The molecule has 0 saturated carbocycles. The number of anilines is 3. The lowest BCUT2D eigenvalue weighted by Crippen LogP contribution is -2.45. The summed E-state index contributed by atoms with van der Waals surface area (Å²) < 4.78 is 12.8. The zero-order valence-electron chi connectivity index (χ0n) is 25.8. The Hall–Kier alpha value is -4.19. The molecule has 1 fully saturated rings. The van der Waals surface area contributed by atoms with Crippen LogP contribution in [0.5, 0.6) is 11.5 Å². The normalized spacial score (nSPS) is 14.2. The zero-order valence-corrected chi connectivity index (χ0v) is 26.5. The molecule has 230 valence electrons. The summed E-state index contributed by atoms with van der Waals surface area (Å²) in [7, 11) is 9.69. The number of halogens is 1. The molecule has 0 bridgehead atoms. The topological polar surface area (TPSA) is 96.2 Å². The van der Waals surface area contributed by atoms with E-state index in [1.807, 2.05) is 16.5 Å². The third-order valence-electron chi connectivity index (χ3n) is 8.35. The summed E-state index contributed by atoms with van der Waals surface area (Å²) in [5.41, 5.74) is 4.91. The molecule has 0 unspecified atom stereocenters. The molecule has 5 aromatic rings. The number of ether oxygens (including phenoxy) is 2. The van der Waals surface area contributed by atoms with Gasteiger partial charge in [-0.15, -0.1) is 10.2 Å². The number of hydrogen-bond acceptors (Lipinski definition) is 10. The molecule has 1 aliphatic rings. The van der Waals surface area contributed by atoms with Crippen LogP contribution in [0.2, 0.25) is 5.02 Å². The van der Waals surface area contributed by atoms with E-state index in [0.717, 1.165) is 42.8 Å². The van der Waals surface area contributed by atoms with Crippen LogP contribution in [-0.4, -0.2) is 102 Å². The lowest BCUT2D eigenvalue weighted by atomic mass is 10.0. The van der Waals surface area contributed by atoms with Crippen molar-refractivity contribution in [2.24, 2.45) is 0 Å². The predicted molar refractivity (Wildman–Crippen MR) is 176 cm³/mol. The number of nitrogens with one attached hydrogen (secondary N) is 1. The number of nitrogens with zero attached hydrogens (tertiary/aromatic N) is 8. The van der Waals surface area contributed by atoms with E-state index >= 15 is 0 Å². The van der Waals surface area contributed by atoms with Crippen molar-refractivity contribution in [3.8, 4) is 22.6 Å². The molecule has 0 radical (unpaired) electrons. The van der Waals surface area contributed by atoms with Crippen LogP contribution in [0, 0.1) is 0 Å². The molecular weight excluding hydrogens is 578 g/mol. The van der Waals surface area contributed by atoms with E-state index in [4.69, 9.17) is 26.1 Å². The standard InChI is InChI=1S/C32H38ClN9O2/c1-39(2)14-15-40(3)23-10-12-41(13-11-23)24-8-6-22(7-9-24)36-32-34-19-21-16-27(31-38-35-20-42(31)30(21)37-32)26-17-25(43-4)18-28(44-5)29(26)33/h6-9,16-20,23H,10-15H2,1-5H3,(H,34,36,37). The first-order valence-corrected chi connectivity index (χ1v) is 15.1. The molecular formula is C32H38ClN9O2. The van der Waals surface area contributed by atoms with E-state index in [1.165, 1.54) is 18.5 Å². The largest absolute Gasteiger partial charge is 0.497 e. The van der Waals surface area contributed by atoms with Crippen molar-refractivity contribution in [1.82, 2.24) is 34.4 Å². The second-order valence-electron chi connectivity index (χ2n) is 11.4. The highest BCUT2D eigenvalue weighted by Crippen LogP contribution is 2.41. The molecule has 0 aliphatic carbocycles. The summed E-state index contributed by atoms with van der Waals surface area (Å²) in [4.78, 5) is 16.6. The van der Waals surface area contributed by atoms with Crippen LogP contribution in [-0.2, 0) is 0 Å². The van der Waals surface area contributed by atoms with Gasteiger partial charge in [0.25, 0.3) is 0 Å². The summed E-state index contributed by atoms with van der Waals surface area (Å²) in [6.07, 6.45) is 5.77. The smallest absolute Gasteiger partial charge is 0.229 e. The summed E-state index contributed by atoms with van der Waals surface area (Å²) in [6, 6.07) is 14.7. The van der Waals surface area contributed by atoms with Crippen molar-refractivity contribution >= 4 is 45.6 Å². The van der Waals surface area contributed by atoms with Crippen molar-refractivity contribution in [1.29, 1.82) is 0 Å². The van der Waals surface area contributed by atoms with Crippen LogP contribution >= 0.6 is 11.6 Å². The van der Waals surface area contributed by atoms with Gasteiger partial charge >= 0.3 is 0 Å². The molecule has 0 atom stereocenters. The molecule has 3 aromatic heterocycles. The second-order valence-corrected chi connectivity index (χ2v) is 11.8. The molecule has 44 heavy (non-hydrogen) atoms. The Balaban J connectivity index is 1.19. The third-order valence-corrected chi connectivity index (χ3v) is 8.74. The van der Waals surface area contributed by atoms with Crippen molar-refractivity contribution in [2.45, 2.75) is 18.9 Å². The molecule has 0 spiro atoms. The van der Waals surface area contributed by atoms with Gasteiger partial charge in [-0.1, -0.05) is 11.6 Å². The first-order valence-electron chi connectivity index (χ1n) is 14.7. The molecule has 11 nitrogen and oxygen atoms in total. The summed E-state index contributed by atoms with van der Waals surface area (Å²) in [5, 5.41) is 13.2. The lowest BCUT2D eigenvalue weighted by Gasteiger charge is -2.38. The second kappa shape index (κ2) is 12.8. The van der Waals surface area contributed by atoms with Gasteiger partial charge in [0.05, 0.1) is 19.2 Å². The number of fused-ring (bicyclic) bond motifs is 3. The fraction of sp³-hybridized carbons (Fsp3) is 0.375. The highest BCUT2D eigenvalue weighted by Gasteiger charge is 2.23. The lowest BCUT2D eigenvalue weighted by molar-refractivity contribution is 0.190. The van der Waals surface area contributed by atoms with Crippen LogP contribution in [0.15, 0.2) is 55.0 Å². The van der Waals surface area contributed by atoms with Gasteiger partial charge in [-0.3, -0.25) is 4.40 Å². The highest BCUT2D eigenvalue weighted by atomic mass is 35.5. The Morgan fingerprint density at radius 3 is 2.43 bits per heavy atom. The summed E-state index contributed by atoms with van der Waals surface area (Å²) in [6.45, 7) is 4.31. The average Bonchev–Trinajstić information content (AvgIpc) is 3.55. The van der Waals surface area contributed by atoms with Gasteiger partial charge in [-0.2, -0.15) is 4.98 Å². The maximum atomic E-state index is 6.72. The number of piperidine rings is 1. The predicted octanol–water partition coefficient (Wildman–Crippen LogP) is 5.22. The number of rotatable bonds is 10. The Morgan fingerprint density at radius 1 is 0.955 bits per heavy atom. The van der Waals surface area contributed by atoms with Gasteiger partial charge in [0.2, 0.25) is 5.95 Å². The van der Waals surface area contributed by atoms with Gasteiger partial charge < -0.3 is 29.5 Å². The van der Waals surface area contributed by atoms with Gasteiger partial charge in [0.1, 0.15) is 17.8 Å². The van der Waals surface area contributed by atoms with Crippen LogP contribution in [0.4, 0.5) is 17.3 Å². The molecule has 2 aromatic carbocycles. The summed E-state index contributed by atoms with van der Waals surface area (Å²) >= 11 is 6.72.